The normalized spacial score (nSPS) is 12.8. The molecule has 0 fully saturated rings. The van der Waals surface area contributed by atoms with Gasteiger partial charge in [-0.05, 0) is 86.6 Å². The van der Waals surface area contributed by atoms with Crippen molar-refractivity contribution in [1.82, 2.24) is 15.0 Å². The second-order valence-corrected chi connectivity index (χ2v) is 14.3. The van der Waals surface area contributed by atoms with E-state index in [0.29, 0.717) is 17.5 Å². The monoisotopic (exact) mass is 703 g/mol. The van der Waals surface area contributed by atoms with Crippen LogP contribution in [0.25, 0.3) is 111 Å². The lowest BCUT2D eigenvalue weighted by Crippen LogP contribution is -2.01. The topological polar surface area (TPSA) is 65.0 Å². The molecule has 3 aromatic heterocycles. The molecule has 1 aliphatic rings. The lowest BCUT2D eigenvalue weighted by molar-refractivity contribution is 0.668. The van der Waals surface area contributed by atoms with Crippen LogP contribution in [0.15, 0.2) is 167 Å². The summed E-state index contributed by atoms with van der Waals surface area (Å²) in [6.45, 7) is 0. The predicted molar refractivity (Wildman–Crippen MR) is 224 cm³/mol. The zero-order valence-electron chi connectivity index (χ0n) is 29.5. The third-order valence-electron chi connectivity index (χ3n) is 11.2. The highest BCUT2D eigenvalue weighted by molar-refractivity contribution is 6.19. The molecule has 1 aliphatic carbocycles. The van der Waals surface area contributed by atoms with Gasteiger partial charge in [-0.3, -0.25) is 0 Å². The fourth-order valence-electron chi connectivity index (χ4n) is 8.73. The number of rotatable bonds is 4. The van der Waals surface area contributed by atoms with Crippen molar-refractivity contribution < 1.29 is 8.83 Å². The maximum atomic E-state index is 6.65. The molecule has 0 radical (unpaired) electrons. The van der Waals surface area contributed by atoms with Crippen LogP contribution < -0.4 is 0 Å². The molecular weight excluding hydrogens is 675 g/mol. The van der Waals surface area contributed by atoms with E-state index in [1.54, 1.807) is 0 Å². The Balaban J connectivity index is 1.12. The number of benzene rings is 8. The summed E-state index contributed by atoms with van der Waals surface area (Å²) >= 11 is 0. The number of hydrogen-bond acceptors (Lipinski definition) is 5. The van der Waals surface area contributed by atoms with Crippen molar-refractivity contribution in [3.63, 3.8) is 0 Å². The van der Waals surface area contributed by atoms with Crippen LogP contribution in [-0.2, 0) is 6.42 Å². The van der Waals surface area contributed by atoms with Crippen LogP contribution in [0.1, 0.15) is 16.7 Å². The van der Waals surface area contributed by atoms with Crippen LogP contribution in [0.5, 0.6) is 0 Å². The molecule has 55 heavy (non-hydrogen) atoms. The average Bonchev–Trinajstić information content (AvgIpc) is 3.98. The highest BCUT2D eigenvalue weighted by Crippen LogP contribution is 2.46. The molecule has 0 amide bonds. The molecule has 5 heteroatoms. The molecule has 0 saturated carbocycles. The SMILES string of the molecule is C1=C(c2cc(-c3nc(-c4ccccc4)nc(-c4cccc5oc6ccccc6c45)n3)cc3oc4ccccc4c23)Cc2c1c1ccccc1c1ccccc21. The first-order valence-electron chi connectivity index (χ1n) is 18.6. The third-order valence-corrected chi connectivity index (χ3v) is 11.2. The second-order valence-electron chi connectivity index (χ2n) is 14.3. The first-order chi connectivity index (χ1) is 27.2. The number of aromatic nitrogens is 3. The van der Waals surface area contributed by atoms with E-state index in [4.69, 9.17) is 23.8 Å². The van der Waals surface area contributed by atoms with Gasteiger partial charge in [-0.2, -0.15) is 0 Å². The van der Waals surface area contributed by atoms with E-state index < -0.39 is 0 Å². The highest BCUT2D eigenvalue weighted by atomic mass is 16.3. The standard InChI is InChI=1S/C50H29N3O2/c1-2-13-29(14-3-1)48-51-49(53-50(52-48)38-21-12-24-44-46(38)36-19-8-10-22-42(36)54-44)31-27-39(47-37-20-9-11-23-43(37)55-45(47)28-31)30-25-40-34-17-6-4-15-32(34)33-16-5-7-18-35(33)41(40)26-30/h1-25,27-28H,26H2. The highest BCUT2D eigenvalue weighted by Gasteiger charge is 2.25. The number of para-hydroxylation sites is 2. The van der Waals surface area contributed by atoms with Crippen LogP contribution in [0.4, 0.5) is 0 Å². The summed E-state index contributed by atoms with van der Waals surface area (Å²) in [6.07, 6.45) is 3.19. The average molecular weight is 704 g/mol. The fraction of sp³-hybridized carbons (Fsp3) is 0.0200. The fourth-order valence-corrected chi connectivity index (χ4v) is 8.73. The Morgan fingerprint density at radius 3 is 1.67 bits per heavy atom. The number of hydrogen-bond donors (Lipinski definition) is 0. The van der Waals surface area contributed by atoms with Gasteiger partial charge in [0.05, 0.1) is 0 Å². The van der Waals surface area contributed by atoms with Gasteiger partial charge < -0.3 is 8.83 Å². The van der Waals surface area contributed by atoms with E-state index >= 15 is 0 Å². The van der Waals surface area contributed by atoms with Crippen LogP contribution in [0.2, 0.25) is 0 Å². The minimum absolute atomic E-state index is 0.573. The van der Waals surface area contributed by atoms with Gasteiger partial charge >= 0.3 is 0 Å². The molecule has 8 aromatic carbocycles. The quantitative estimate of drug-likeness (QED) is 0.171. The summed E-state index contributed by atoms with van der Waals surface area (Å²) < 4.78 is 12.9. The summed E-state index contributed by atoms with van der Waals surface area (Å²) in [4.78, 5) is 15.6. The van der Waals surface area contributed by atoms with Crippen LogP contribution in [0, 0.1) is 0 Å². The van der Waals surface area contributed by atoms with E-state index in [9.17, 15) is 0 Å². The first-order valence-corrected chi connectivity index (χ1v) is 18.6. The van der Waals surface area contributed by atoms with Crippen molar-refractivity contribution in [1.29, 1.82) is 0 Å². The van der Waals surface area contributed by atoms with Gasteiger partial charge in [0.25, 0.3) is 0 Å². The summed E-state index contributed by atoms with van der Waals surface area (Å²) in [5.74, 6) is 1.75. The van der Waals surface area contributed by atoms with Gasteiger partial charge in [0.1, 0.15) is 22.3 Å². The maximum Gasteiger partial charge on any atom is 0.164 e. The van der Waals surface area contributed by atoms with Crippen molar-refractivity contribution in [3.8, 4) is 34.2 Å². The lowest BCUT2D eigenvalue weighted by atomic mass is 9.92. The molecule has 11 aromatic rings. The van der Waals surface area contributed by atoms with Crippen molar-refractivity contribution in [2.45, 2.75) is 6.42 Å². The molecule has 0 unspecified atom stereocenters. The van der Waals surface area contributed by atoms with E-state index in [1.165, 1.54) is 38.2 Å². The Morgan fingerprint density at radius 2 is 0.927 bits per heavy atom. The Bertz CT molecular complexity index is 3410. The van der Waals surface area contributed by atoms with Gasteiger partial charge in [0.2, 0.25) is 0 Å². The molecule has 0 spiro atoms. The molecule has 256 valence electrons. The van der Waals surface area contributed by atoms with E-state index in [2.05, 4.69) is 91.0 Å². The Labute approximate surface area is 314 Å². The van der Waals surface area contributed by atoms with Crippen molar-refractivity contribution in [3.05, 3.63) is 174 Å². The summed E-state index contributed by atoms with van der Waals surface area (Å²) in [7, 11) is 0. The van der Waals surface area contributed by atoms with Gasteiger partial charge in [0, 0.05) is 38.2 Å². The van der Waals surface area contributed by atoms with E-state index in [0.717, 1.165) is 72.6 Å². The Kier molecular flexibility index (Phi) is 6.33. The molecule has 0 N–H and O–H groups in total. The van der Waals surface area contributed by atoms with E-state index in [-0.39, 0.29) is 0 Å². The minimum atomic E-state index is 0.573. The van der Waals surface area contributed by atoms with E-state index in [1.807, 2.05) is 72.8 Å². The summed E-state index contributed by atoms with van der Waals surface area (Å²) in [5, 5.41) is 9.31. The molecule has 0 bridgehead atoms. The molecular formula is C50H29N3O2. The second kappa shape index (κ2) is 11.6. The number of nitrogens with zero attached hydrogens (tertiary/aromatic N) is 3. The molecule has 0 aliphatic heterocycles. The maximum absolute atomic E-state index is 6.65. The minimum Gasteiger partial charge on any atom is -0.456 e. The largest absolute Gasteiger partial charge is 0.456 e. The third kappa shape index (κ3) is 4.57. The van der Waals surface area contributed by atoms with Crippen LogP contribution in [0.3, 0.4) is 0 Å². The number of allylic oxidation sites excluding steroid dienone is 1. The Hall–Kier alpha value is -7.37. The molecule has 0 saturated heterocycles. The zero-order valence-corrected chi connectivity index (χ0v) is 29.5. The van der Waals surface area contributed by atoms with Crippen molar-refractivity contribution >= 4 is 77.1 Å². The van der Waals surface area contributed by atoms with Gasteiger partial charge in [-0.1, -0.05) is 127 Å². The van der Waals surface area contributed by atoms with Crippen LogP contribution in [-0.4, -0.2) is 15.0 Å². The smallest absolute Gasteiger partial charge is 0.164 e. The molecule has 5 nitrogen and oxygen atoms in total. The number of furan rings is 2. The van der Waals surface area contributed by atoms with Crippen LogP contribution >= 0.6 is 0 Å². The van der Waals surface area contributed by atoms with Gasteiger partial charge in [-0.25, -0.2) is 15.0 Å². The summed E-state index contributed by atoms with van der Waals surface area (Å²) in [5.41, 5.74) is 10.9. The molecule has 0 atom stereocenters. The van der Waals surface area contributed by atoms with Crippen molar-refractivity contribution in [2.75, 3.05) is 0 Å². The predicted octanol–water partition coefficient (Wildman–Crippen LogP) is 13.1. The van der Waals surface area contributed by atoms with Gasteiger partial charge in [-0.15, -0.1) is 0 Å². The molecule has 3 heterocycles. The Morgan fingerprint density at radius 1 is 0.382 bits per heavy atom. The van der Waals surface area contributed by atoms with Gasteiger partial charge in [0.15, 0.2) is 17.5 Å². The van der Waals surface area contributed by atoms with Crippen molar-refractivity contribution in [2.24, 2.45) is 0 Å². The first kappa shape index (κ1) is 30.1. The zero-order chi connectivity index (χ0) is 36.0. The lowest BCUT2D eigenvalue weighted by Gasteiger charge is -2.12. The number of fused-ring (bicyclic) bond motifs is 12. The molecule has 12 rings (SSSR count). The summed E-state index contributed by atoms with van der Waals surface area (Å²) in [6, 6.07) is 54.5.